The first-order valence-corrected chi connectivity index (χ1v) is 6.41. The lowest BCUT2D eigenvalue weighted by molar-refractivity contribution is 0.655. The number of nitrogens with zero attached hydrogens (tertiary/aromatic N) is 1. The third-order valence-corrected chi connectivity index (χ3v) is 4.40. The summed E-state index contributed by atoms with van der Waals surface area (Å²) in [5.74, 6) is 5.55. The van der Waals surface area contributed by atoms with Crippen molar-refractivity contribution in [3.05, 3.63) is 37.4 Å². The Bertz CT molecular complexity index is 452. The van der Waals surface area contributed by atoms with Gasteiger partial charge in [0, 0.05) is 16.0 Å². The van der Waals surface area contributed by atoms with Crippen molar-refractivity contribution in [2.75, 3.05) is 0 Å². The molecule has 0 aliphatic rings. The quantitative estimate of drug-likeness (QED) is 0.658. The van der Waals surface area contributed by atoms with Crippen LogP contribution in [0.5, 0.6) is 0 Å². The molecule has 2 rings (SSSR count). The molecule has 0 saturated carbocycles. The van der Waals surface area contributed by atoms with Crippen molar-refractivity contribution < 1.29 is 0 Å². The number of thiazole rings is 1. The maximum absolute atomic E-state index is 6.07. The van der Waals surface area contributed by atoms with E-state index in [1.165, 1.54) is 0 Å². The maximum Gasteiger partial charge on any atom is 0.0925 e. The highest BCUT2D eigenvalue weighted by molar-refractivity contribution is 7.12. The number of halogens is 1. The Balaban J connectivity index is 2.36. The van der Waals surface area contributed by atoms with Crippen molar-refractivity contribution in [3.63, 3.8) is 0 Å². The van der Waals surface area contributed by atoms with Crippen LogP contribution in [0.2, 0.25) is 5.02 Å². The molecule has 2 heterocycles. The Morgan fingerprint density at radius 2 is 2.40 bits per heavy atom. The van der Waals surface area contributed by atoms with Crippen LogP contribution in [0.3, 0.4) is 0 Å². The highest BCUT2D eigenvalue weighted by Crippen LogP contribution is 2.34. The van der Waals surface area contributed by atoms with Crippen molar-refractivity contribution in [3.8, 4) is 0 Å². The van der Waals surface area contributed by atoms with Crippen molar-refractivity contribution in [1.29, 1.82) is 0 Å². The molecule has 0 amide bonds. The molecule has 0 aliphatic heterocycles. The normalized spacial score (nSPS) is 13.0. The highest BCUT2D eigenvalue weighted by Gasteiger charge is 2.18. The van der Waals surface area contributed by atoms with E-state index in [9.17, 15) is 0 Å². The number of nitrogens with one attached hydrogen (secondary N) is 1. The van der Waals surface area contributed by atoms with E-state index >= 15 is 0 Å². The summed E-state index contributed by atoms with van der Waals surface area (Å²) in [4.78, 5) is 6.32. The second-order valence-electron chi connectivity index (χ2n) is 3.01. The second kappa shape index (κ2) is 4.59. The molecule has 1 unspecified atom stereocenters. The van der Waals surface area contributed by atoms with Crippen molar-refractivity contribution in [1.82, 2.24) is 10.4 Å². The molecule has 0 fully saturated rings. The fourth-order valence-electron chi connectivity index (χ4n) is 1.31. The van der Waals surface area contributed by atoms with Gasteiger partial charge in [0.2, 0.25) is 0 Å². The summed E-state index contributed by atoms with van der Waals surface area (Å²) in [5, 5.41) is 3.72. The van der Waals surface area contributed by atoms with E-state index in [1.807, 2.05) is 24.6 Å². The summed E-state index contributed by atoms with van der Waals surface area (Å²) >= 11 is 9.28. The molecule has 3 nitrogen and oxygen atoms in total. The number of nitrogens with two attached hydrogens (primary N) is 1. The molecular formula is C9H10ClN3S2. The largest absolute Gasteiger partial charge is 0.271 e. The van der Waals surface area contributed by atoms with Gasteiger partial charge in [-0.3, -0.25) is 5.84 Å². The molecule has 2 aromatic rings. The van der Waals surface area contributed by atoms with E-state index in [4.69, 9.17) is 17.4 Å². The van der Waals surface area contributed by atoms with Gasteiger partial charge in [-0.2, -0.15) is 0 Å². The lowest BCUT2D eigenvalue weighted by Crippen LogP contribution is -2.27. The highest BCUT2D eigenvalue weighted by atomic mass is 35.5. The average Bonchev–Trinajstić information content (AvgIpc) is 2.79. The van der Waals surface area contributed by atoms with Crippen molar-refractivity contribution in [2.24, 2.45) is 5.84 Å². The van der Waals surface area contributed by atoms with E-state index in [2.05, 4.69) is 10.4 Å². The van der Waals surface area contributed by atoms with Crippen LogP contribution in [0.25, 0.3) is 0 Å². The first kappa shape index (κ1) is 11.0. The van der Waals surface area contributed by atoms with Gasteiger partial charge in [0.15, 0.2) is 0 Å². The van der Waals surface area contributed by atoms with Gasteiger partial charge in [0.25, 0.3) is 0 Å². The summed E-state index contributed by atoms with van der Waals surface area (Å²) in [6.07, 6.45) is 1.83. The molecule has 0 bridgehead atoms. The fourth-order valence-corrected chi connectivity index (χ4v) is 3.48. The number of aryl methyl sites for hydroxylation is 1. The van der Waals surface area contributed by atoms with Gasteiger partial charge in [-0.25, -0.2) is 10.4 Å². The van der Waals surface area contributed by atoms with E-state index in [1.54, 1.807) is 22.7 Å². The minimum atomic E-state index is -0.0521. The molecule has 3 N–H and O–H groups in total. The Morgan fingerprint density at radius 3 is 2.87 bits per heavy atom. The van der Waals surface area contributed by atoms with Gasteiger partial charge in [-0.15, -0.1) is 22.7 Å². The van der Waals surface area contributed by atoms with Gasteiger partial charge < -0.3 is 0 Å². The summed E-state index contributed by atoms with van der Waals surface area (Å²) < 4.78 is 0. The van der Waals surface area contributed by atoms with Crippen LogP contribution in [0.15, 0.2) is 17.6 Å². The van der Waals surface area contributed by atoms with Gasteiger partial charge >= 0.3 is 0 Å². The second-order valence-corrected chi connectivity index (χ2v) is 5.64. The SMILES string of the molecule is Cc1ncc(C(NN)c2sccc2Cl)s1. The predicted molar refractivity (Wildman–Crippen MR) is 65.3 cm³/mol. The van der Waals surface area contributed by atoms with Crippen LogP contribution in [0.1, 0.15) is 20.8 Å². The fraction of sp³-hybridized carbons (Fsp3) is 0.222. The minimum absolute atomic E-state index is 0.0521. The number of hydrogen-bond acceptors (Lipinski definition) is 5. The Hall–Kier alpha value is -0.460. The zero-order chi connectivity index (χ0) is 10.8. The molecule has 0 saturated heterocycles. The average molecular weight is 260 g/mol. The van der Waals surface area contributed by atoms with E-state index in [-0.39, 0.29) is 6.04 Å². The molecule has 6 heteroatoms. The van der Waals surface area contributed by atoms with Crippen molar-refractivity contribution in [2.45, 2.75) is 13.0 Å². The monoisotopic (exact) mass is 259 g/mol. The number of aromatic nitrogens is 1. The third-order valence-electron chi connectivity index (χ3n) is 2.00. The van der Waals surface area contributed by atoms with Gasteiger partial charge in [-0.05, 0) is 18.4 Å². The van der Waals surface area contributed by atoms with E-state index < -0.39 is 0 Å². The minimum Gasteiger partial charge on any atom is -0.271 e. The van der Waals surface area contributed by atoms with Crippen molar-refractivity contribution >= 4 is 34.3 Å². The Kier molecular flexibility index (Phi) is 3.38. The summed E-state index contributed by atoms with van der Waals surface area (Å²) in [7, 11) is 0. The number of hydrazine groups is 1. The van der Waals surface area contributed by atoms with Gasteiger partial charge in [-0.1, -0.05) is 11.6 Å². The predicted octanol–water partition coefficient (Wildman–Crippen LogP) is 2.72. The molecule has 2 aromatic heterocycles. The topological polar surface area (TPSA) is 50.9 Å². The summed E-state index contributed by atoms with van der Waals surface area (Å²) in [6.45, 7) is 1.97. The molecule has 0 aliphatic carbocycles. The third kappa shape index (κ3) is 2.21. The molecule has 15 heavy (non-hydrogen) atoms. The Labute approximate surface area is 101 Å². The number of thiophene rings is 1. The van der Waals surface area contributed by atoms with Crippen LogP contribution in [-0.2, 0) is 0 Å². The Morgan fingerprint density at radius 1 is 1.60 bits per heavy atom. The van der Waals surface area contributed by atoms with Crippen LogP contribution < -0.4 is 11.3 Å². The molecule has 0 aromatic carbocycles. The van der Waals surface area contributed by atoms with Crippen LogP contribution in [0.4, 0.5) is 0 Å². The number of hydrogen-bond donors (Lipinski definition) is 2. The van der Waals surface area contributed by atoms with Crippen LogP contribution in [0, 0.1) is 6.92 Å². The first-order valence-electron chi connectivity index (χ1n) is 4.33. The van der Waals surface area contributed by atoms with E-state index in [0.717, 1.165) is 19.8 Å². The van der Waals surface area contributed by atoms with Crippen LogP contribution >= 0.6 is 34.3 Å². The standard InChI is InChI=1S/C9H10ClN3S2/c1-5-12-4-7(15-5)8(13-11)9-6(10)2-3-14-9/h2-4,8,13H,11H2,1H3. The molecule has 0 spiro atoms. The van der Waals surface area contributed by atoms with Crippen LogP contribution in [-0.4, -0.2) is 4.98 Å². The smallest absolute Gasteiger partial charge is 0.0925 e. The lowest BCUT2D eigenvalue weighted by Gasteiger charge is -2.12. The zero-order valence-electron chi connectivity index (χ0n) is 8.03. The molecular weight excluding hydrogens is 250 g/mol. The lowest BCUT2D eigenvalue weighted by atomic mass is 10.2. The van der Waals surface area contributed by atoms with Gasteiger partial charge in [0.1, 0.15) is 0 Å². The summed E-state index contributed by atoms with van der Waals surface area (Å²) in [5.41, 5.74) is 2.77. The van der Waals surface area contributed by atoms with Gasteiger partial charge in [0.05, 0.1) is 16.1 Å². The summed E-state index contributed by atoms with van der Waals surface area (Å²) in [6, 6.07) is 1.82. The number of rotatable bonds is 3. The molecule has 1 atom stereocenters. The molecule has 0 radical (unpaired) electrons. The maximum atomic E-state index is 6.07. The first-order chi connectivity index (χ1) is 7.22. The van der Waals surface area contributed by atoms with E-state index in [0.29, 0.717) is 0 Å². The zero-order valence-corrected chi connectivity index (χ0v) is 10.4. The molecule has 80 valence electrons.